The van der Waals surface area contributed by atoms with E-state index >= 15 is 0 Å². The third-order valence-electron chi connectivity index (χ3n) is 6.45. The van der Waals surface area contributed by atoms with E-state index < -0.39 is 22.2 Å². The van der Waals surface area contributed by atoms with Gasteiger partial charge in [0.15, 0.2) is 16.2 Å². The summed E-state index contributed by atoms with van der Waals surface area (Å²) in [4.78, 5) is 15.6. The summed E-state index contributed by atoms with van der Waals surface area (Å²) >= 11 is 0. The van der Waals surface area contributed by atoms with E-state index in [9.17, 15) is 18.3 Å². The lowest BCUT2D eigenvalue weighted by Crippen LogP contribution is -2.57. The minimum atomic E-state index is -3.05. The molecule has 1 aliphatic carbocycles. The van der Waals surface area contributed by atoms with E-state index in [1.165, 1.54) is 12.7 Å². The zero-order valence-electron chi connectivity index (χ0n) is 20.2. The van der Waals surface area contributed by atoms with Crippen LogP contribution in [-0.2, 0) is 21.1 Å². The fourth-order valence-electron chi connectivity index (χ4n) is 4.31. The Bertz CT molecular complexity index is 994. The molecule has 8 heteroatoms. The first-order valence-electron chi connectivity index (χ1n) is 11.4. The average molecular weight is 477 g/mol. The normalized spacial score (nSPS) is 24.4. The Hall–Kier alpha value is -2.00. The number of ether oxygens (including phenoxy) is 1. The molecule has 1 saturated heterocycles. The van der Waals surface area contributed by atoms with Crippen LogP contribution in [0.5, 0.6) is 0 Å². The summed E-state index contributed by atoms with van der Waals surface area (Å²) in [5.74, 6) is -0.135. The first-order valence-corrected chi connectivity index (χ1v) is 13.2. The third-order valence-corrected chi connectivity index (χ3v) is 8.05. The van der Waals surface area contributed by atoms with Crippen LogP contribution in [0.1, 0.15) is 43.6 Å². The van der Waals surface area contributed by atoms with Crippen molar-refractivity contribution in [3.8, 4) is 0 Å². The average Bonchev–Trinajstić information content (AvgIpc) is 2.76. The molecule has 0 amide bonds. The first kappa shape index (κ1) is 25.6. The number of hydrogen-bond donors (Lipinski definition) is 1. The quantitative estimate of drug-likeness (QED) is 0.499. The van der Waals surface area contributed by atoms with Crippen molar-refractivity contribution in [2.75, 3.05) is 31.7 Å². The van der Waals surface area contributed by atoms with Gasteiger partial charge in [-0.2, -0.15) is 0 Å². The Morgan fingerprint density at radius 2 is 1.82 bits per heavy atom. The molecular weight excluding hydrogens is 440 g/mol. The van der Waals surface area contributed by atoms with Gasteiger partial charge in [-0.25, -0.2) is 13.2 Å². The highest BCUT2D eigenvalue weighted by Crippen LogP contribution is 2.34. The van der Waals surface area contributed by atoms with E-state index in [4.69, 9.17) is 4.74 Å². The van der Waals surface area contributed by atoms with Crippen LogP contribution in [0.25, 0.3) is 0 Å². The number of sulfone groups is 1. The van der Waals surface area contributed by atoms with E-state index in [1.807, 2.05) is 21.9 Å². The van der Waals surface area contributed by atoms with Gasteiger partial charge in [0, 0.05) is 25.7 Å². The third kappa shape index (κ3) is 6.32. The lowest BCUT2D eigenvalue weighted by atomic mass is 9.79. The van der Waals surface area contributed by atoms with E-state index in [0.717, 1.165) is 5.56 Å². The highest BCUT2D eigenvalue weighted by atomic mass is 32.2. The number of benzene rings is 1. The van der Waals surface area contributed by atoms with Gasteiger partial charge in [-0.1, -0.05) is 58.1 Å². The maximum atomic E-state index is 11.9. The van der Waals surface area contributed by atoms with Crippen LogP contribution >= 0.6 is 0 Å². The molecule has 3 unspecified atom stereocenters. The number of carbonyl (C=O) groups is 1. The van der Waals surface area contributed by atoms with Crippen molar-refractivity contribution in [2.45, 2.75) is 46.6 Å². The molecule has 1 aromatic rings. The highest BCUT2D eigenvalue weighted by Gasteiger charge is 2.35. The number of aliphatic hydroxyl groups is 1. The first-order chi connectivity index (χ1) is 15.4. The molecule has 2 aliphatic rings. The number of aliphatic hydroxyl groups excluding tert-OH is 1. The van der Waals surface area contributed by atoms with Crippen LogP contribution in [0, 0.1) is 11.3 Å². The number of hydrogen-bond acceptors (Lipinski definition) is 7. The Kier molecular flexibility index (Phi) is 7.84. The molecular formula is C25H36N2O5S. The van der Waals surface area contributed by atoms with E-state index in [0.29, 0.717) is 25.2 Å². The molecule has 1 aliphatic heterocycles. The van der Waals surface area contributed by atoms with Gasteiger partial charge in [-0.15, -0.1) is 0 Å². The smallest absolute Gasteiger partial charge is 0.337 e. The van der Waals surface area contributed by atoms with Crippen molar-refractivity contribution >= 4 is 15.8 Å². The van der Waals surface area contributed by atoms with E-state index in [1.54, 1.807) is 12.1 Å². The molecule has 7 nitrogen and oxygen atoms in total. The molecule has 1 N–H and O–H groups in total. The Labute approximate surface area is 197 Å². The molecule has 1 heterocycles. The van der Waals surface area contributed by atoms with Gasteiger partial charge in [0.25, 0.3) is 0 Å². The zero-order chi connectivity index (χ0) is 24.4. The molecule has 1 aromatic carbocycles. The molecule has 182 valence electrons. The molecule has 0 radical (unpaired) electrons. The topological polar surface area (TPSA) is 87.2 Å². The van der Waals surface area contributed by atoms with Gasteiger partial charge in [0.2, 0.25) is 0 Å². The van der Waals surface area contributed by atoms with Crippen molar-refractivity contribution in [2.24, 2.45) is 11.3 Å². The molecule has 3 rings (SSSR count). The molecule has 3 atom stereocenters. The number of allylic oxidation sites excluding steroid dienone is 2. The number of carbonyl (C=O) groups excluding carboxylic acids is 1. The van der Waals surface area contributed by atoms with Gasteiger partial charge < -0.3 is 9.84 Å². The number of esters is 1. The molecule has 0 bridgehead atoms. The minimum Gasteiger partial charge on any atom is -0.465 e. The van der Waals surface area contributed by atoms with Crippen molar-refractivity contribution in [3.63, 3.8) is 0 Å². The monoisotopic (exact) mass is 476 g/mol. The summed E-state index contributed by atoms with van der Waals surface area (Å²) < 4.78 is 28.6. The number of methoxy groups -OCH3 is 1. The number of nitrogens with zero attached hydrogens (tertiary/aromatic N) is 2. The van der Waals surface area contributed by atoms with Gasteiger partial charge in [-0.3, -0.25) is 9.80 Å². The van der Waals surface area contributed by atoms with Crippen molar-refractivity contribution in [1.82, 2.24) is 9.80 Å². The van der Waals surface area contributed by atoms with Gasteiger partial charge in [-0.05, 0) is 34.6 Å². The van der Waals surface area contributed by atoms with Crippen molar-refractivity contribution < 1.29 is 23.1 Å². The maximum absolute atomic E-state index is 11.9. The predicted octanol–water partition coefficient (Wildman–Crippen LogP) is 2.83. The lowest BCUT2D eigenvalue weighted by Gasteiger charge is -2.43. The minimum absolute atomic E-state index is 0.0319. The van der Waals surface area contributed by atoms with E-state index in [2.05, 4.69) is 45.9 Å². The summed E-state index contributed by atoms with van der Waals surface area (Å²) in [5.41, 5.74) is 2.70. The van der Waals surface area contributed by atoms with Gasteiger partial charge >= 0.3 is 5.97 Å². The molecule has 33 heavy (non-hydrogen) atoms. The largest absolute Gasteiger partial charge is 0.465 e. The Balaban J connectivity index is 1.86. The summed E-state index contributed by atoms with van der Waals surface area (Å²) in [7, 11) is -1.70. The molecule has 1 fully saturated rings. The van der Waals surface area contributed by atoms with Crippen LogP contribution in [0.15, 0.2) is 48.1 Å². The summed E-state index contributed by atoms with van der Waals surface area (Å²) in [6.45, 7) is 9.73. The zero-order valence-corrected chi connectivity index (χ0v) is 21.0. The fraction of sp³-hybridized carbons (Fsp3) is 0.560. The fourth-order valence-corrected chi connectivity index (χ4v) is 5.54. The van der Waals surface area contributed by atoms with Crippen LogP contribution < -0.4 is 0 Å². The second kappa shape index (κ2) is 10.1. The predicted molar refractivity (Wildman–Crippen MR) is 129 cm³/mol. The van der Waals surface area contributed by atoms with Crippen LogP contribution in [0.3, 0.4) is 0 Å². The van der Waals surface area contributed by atoms with Crippen molar-refractivity contribution in [3.05, 3.63) is 59.2 Å². The summed E-state index contributed by atoms with van der Waals surface area (Å²) in [6, 6.07) is 7.10. The highest BCUT2D eigenvalue weighted by molar-refractivity contribution is 7.91. The van der Waals surface area contributed by atoms with Crippen LogP contribution in [-0.4, -0.2) is 73.4 Å². The Morgan fingerprint density at radius 1 is 1.21 bits per heavy atom. The Morgan fingerprint density at radius 3 is 2.33 bits per heavy atom. The van der Waals surface area contributed by atoms with Crippen molar-refractivity contribution in [1.29, 1.82) is 0 Å². The summed E-state index contributed by atoms with van der Waals surface area (Å²) in [6.07, 6.45) is 5.59. The molecule has 0 aromatic heterocycles. The standard InChI is InChI=1S/C25H36N2O5S/c1-18-16-21(25(2,3)4)10-11-22(18)27(24(29)26-12-14-33(30,31)15-13-26)17-19-6-8-20(9-7-19)23(28)32-5/h6-11,16,18,22,24,29H,12-15,17H2,1-5H3. The van der Waals surface area contributed by atoms with Gasteiger partial charge in [0.05, 0.1) is 24.2 Å². The second-order valence-electron chi connectivity index (χ2n) is 9.98. The molecule has 0 saturated carbocycles. The SMILES string of the molecule is COC(=O)c1ccc(CN(C2C=CC(C(C)(C)C)=CC2C)C(O)N2CCS(=O)(=O)CC2)cc1. The lowest BCUT2D eigenvalue weighted by molar-refractivity contribution is -0.129. The van der Waals surface area contributed by atoms with Gasteiger partial charge in [0.1, 0.15) is 0 Å². The second-order valence-corrected chi connectivity index (χ2v) is 12.3. The van der Waals surface area contributed by atoms with E-state index in [-0.39, 0.29) is 28.9 Å². The van der Waals surface area contributed by atoms with Crippen LogP contribution in [0.4, 0.5) is 0 Å². The maximum Gasteiger partial charge on any atom is 0.337 e. The summed E-state index contributed by atoms with van der Waals surface area (Å²) in [5, 5.41) is 11.4. The number of rotatable bonds is 6. The molecule has 0 spiro atoms. The van der Waals surface area contributed by atoms with Crippen LogP contribution in [0.2, 0.25) is 0 Å².